The number of nitrogens with one attached hydrogen (secondary N) is 3. The number of hydrogen-bond acceptors (Lipinski definition) is 8. The molecule has 0 unspecified atom stereocenters. The van der Waals surface area contributed by atoms with Gasteiger partial charge in [-0.25, -0.2) is 4.98 Å². The molecule has 13 heteroatoms. The lowest BCUT2D eigenvalue weighted by Crippen LogP contribution is -2.45. The van der Waals surface area contributed by atoms with Gasteiger partial charge in [-0.3, -0.25) is 9.59 Å². The number of piperidine rings is 1. The Bertz CT molecular complexity index is 1260. The topological polar surface area (TPSA) is 112 Å². The number of nitrogens with zero attached hydrogens (tertiary/aromatic N) is 4. The maximum absolute atomic E-state index is 13.9. The molecule has 1 aliphatic carbocycles. The summed E-state index contributed by atoms with van der Waals surface area (Å²) < 4.78 is 47.1. The molecule has 5 rings (SSSR count). The van der Waals surface area contributed by atoms with Crippen molar-refractivity contribution in [1.82, 2.24) is 25.1 Å². The second-order valence-electron chi connectivity index (χ2n) is 11.8. The van der Waals surface area contributed by atoms with Crippen molar-refractivity contribution in [1.29, 1.82) is 0 Å². The molecule has 2 atom stereocenters. The van der Waals surface area contributed by atoms with E-state index in [1.807, 2.05) is 7.05 Å². The average Bonchev–Trinajstić information content (AvgIpc) is 3.45. The highest BCUT2D eigenvalue weighted by Crippen LogP contribution is 2.37. The van der Waals surface area contributed by atoms with Gasteiger partial charge in [0.2, 0.25) is 11.9 Å². The number of ether oxygens (including phenoxy) is 1. The number of anilines is 3. The number of benzene rings is 1. The Kier molecular flexibility index (Phi) is 9.70. The Hall–Kier alpha value is -3.45. The molecule has 0 spiro atoms. The monoisotopic (exact) mass is 603 g/mol. The molecule has 3 N–H and O–H groups in total. The maximum Gasteiger partial charge on any atom is 0.421 e. The summed E-state index contributed by atoms with van der Waals surface area (Å²) in [6, 6.07) is 6.42. The second kappa shape index (κ2) is 13.5. The molecular weight excluding hydrogens is 563 g/mol. The molecule has 1 aromatic heterocycles. The minimum atomic E-state index is -4.68. The summed E-state index contributed by atoms with van der Waals surface area (Å²) >= 11 is 0. The Balaban J connectivity index is 1.26. The predicted octanol–water partition coefficient (Wildman–Crippen LogP) is 4.28. The fraction of sp³-hybridized carbons (Fsp3) is 0.600. The summed E-state index contributed by atoms with van der Waals surface area (Å²) in [6.07, 6.45) is 1.21. The second-order valence-corrected chi connectivity index (χ2v) is 11.8. The van der Waals surface area contributed by atoms with Gasteiger partial charge in [0, 0.05) is 55.8 Å². The van der Waals surface area contributed by atoms with Crippen LogP contribution in [-0.2, 0) is 15.7 Å². The highest BCUT2D eigenvalue weighted by Gasteiger charge is 2.39. The molecule has 2 aromatic rings. The first-order valence-electron chi connectivity index (χ1n) is 15.0. The summed E-state index contributed by atoms with van der Waals surface area (Å²) in [5.41, 5.74) is 0.0548. The number of hydrogen-bond donors (Lipinski definition) is 3. The quantitative estimate of drug-likeness (QED) is 0.410. The van der Waals surface area contributed by atoms with Gasteiger partial charge in [-0.1, -0.05) is 6.42 Å². The Morgan fingerprint density at radius 2 is 1.72 bits per heavy atom. The van der Waals surface area contributed by atoms with Crippen molar-refractivity contribution in [2.45, 2.75) is 69.2 Å². The zero-order chi connectivity index (χ0) is 30.6. The van der Waals surface area contributed by atoms with Gasteiger partial charge in [-0.05, 0) is 82.9 Å². The molecule has 43 heavy (non-hydrogen) atoms. The maximum atomic E-state index is 13.9. The van der Waals surface area contributed by atoms with Crippen LogP contribution in [0.5, 0.6) is 0 Å². The number of carbonyl (C=O) groups is 2. The van der Waals surface area contributed by atoms with E-state index in [0.29, 0.717) is 37.3 Å². The van der Waals surface area contributed by atoms with Gasteiger partial charge in [0.25, 0.3) is 5.91 Å². The van der Waals surface area contributed by atoms with E-state index < -0.39 is 23.7 Å². The molecule has 1 aromatic carbocycles. The number of aromatic nitrogens is 2. The molecule has 10 nitrogen and oxygen atoms in total. The molecular formula is C30H40F3N7O3. The van der Waals surface area contributed by atoms with Gasteiger partial charge < -0.3 is 30.5 Å². The zero-order valence-electron chi connectivity index (χ0n) is 24.6. The van der Waals surface area contributed by atoms with Crippen LogP contribution in [0.15, 0.2) is 30.5 Å². The van der Waals surface area contributed by atoms with Crippen LogP contribution in [0.3, 0.4) is 0 Å². The first-order valence-corrected chi connectivity index (χ1v) is 15.0. The zero-order valence-corrected chi connectivity index (χ0v) is 24.6. The van der Waals surface area contributed by atoms with Gasteiger partial charge >= 0.3 is 6.18 Å². The van der Waals surface area contributed by atoms with Gasteiger partial charge in [-0.15, -0.1) is 0 Å². The van der Waals surface area contributed by atoms with Crippen molar-refractivity contribution >= 4 is 29.3 Å². The molecule has 1 saturated carbocycles. The van der Waals surface area contributed by atoms with Crippen LogP contribution in [0, 0.1) is 5.92 Å². The van der Waals surface area contributed by atoms with E-state index in [1.54, 1.807) is 29.2 Å². The lowest BCUT2D eigenvalue weighted by molar-refractivity contribution is -0.137. The van der Waals surface area contributed by atoms with Crippen molar-refractivity contribution < 1.29 is 27.5 Å². The smallest absolute Gasteiger partial charge is 0.381 e. The van der Waals surface area contributed by atoms with Gasteiger partial charge in [-0.2, -0.15) is 18.2 Å². The van der Waals surface area contributed by atoms with Gasteiger partial charge in [0.1, 0.15) is 11.4 Å². The summed E-state index contributed by atoms with van der Waals surface area (Å²) in [4.78, 5) is 38.2. The molecule has 2 amide bonds. The van der Waals surface area contributed by atoms with Crippen molar-refractivity contribution in [3.63, 3.8) is 0 Å². The Morgan fingerprint density at radius 3 is 2.40 bits per heavy atom. The van der Waals surface area contributed by atoms with Crippen LogP contribution < -0.4 is 16.0 Å². The van der Waals surface area contributed by atoms with Crippen molar-refractivity contribution in [2.24, 2.45) is 5.92 Å². The summed E-state index contributed by atoms with van der Waals surface area (Å²) in [7, 11) is 3.89. The third-order valence-electron chi connectivity index (χ3n) is 8.78. The van der Waals surface area contributed by atoms with E-state index in [2.05, 4.69) is 37.9 Å². The molecule has 2 saturated heterocycles. The van der Waals surface area contributed by atoms with Crippen LogP contribution >= 0.6 is 0 Å². The highest BCUT2D eigenvalue weighted by molar-refractivity contribution is 5.94. The molecule has 3 fully saturated rings. The molecule has 3 heterocycles. The number of alkyl halides is 3. The Labute approximate surface area is 249 Å². The van der Waals surface area contributed by atoms with Crippen molar-refractivity contribution in [3.8, 4) is 0 Å². The number of carbonyl (C=O) groups excluding carboxylic acids is 2. The van der Waals surface area contributed by atoms with Gasteiger partial charge in [0.05, 0.1) is 5.92 Å². The van der Waals surface area contributed by atoms with Crippen molar-refractivity contribution in [3.05, 3.63) is 41.6 Å². The third-order valence-corrected chi connectivity index (χ3v) is 8.78. The van der Waals surface area contributed by atoms with E-state index in [9.17, 15) is 22.8 Å². The SMILES string of the molecule is CN1CCC(N(C)C(=O)c2ccc(Nc3ncc(C(F)(F)F)c(N[C@@H]4CCC[C@@H]4C(=O)NC4CCOCC4)n3)cc2)CC1. The average molecular weight is 604 g/mol. The van der Waals surface area contributed by atoms with E-state index >= 15 is 0 Å². The predicted molar refractivity (Wildman–Crippen MR) is 156 cm³/mol. The molecule has 2 aliphatic heterocycles. The van der Waals surface area contributed by atoms with Crippen LogP contribution in [0.4, 0.5) is 30.6 Å². The number of halogens is 3. The lowest BCUT2D eigenvalue weighted by Gasteiger charge is -2.35. The van der Waals surface area contributed by atoms with Crippen LogP contribution in [0.25, 0.3) is 0 Å². The molecule has 0 radical (unpaired) electrons. The van der Waals surface area contributed by atoms with E-state index in [0.717, 1.165) is 51.4 Å². The lowest BCUT2D eigenvalue weighted by atomic mass is 10.0. The van der Waals surface area contributed by atoms with Gasteiger partial charge in [0.15, 0.2) is 0 Å². The number of amides is 2. The van der Waals surface area contributed by atoms with Crippen LogP contribution in [-0.4, -0.2) is 90.1 Å². The first kappa shape index (κ1) is 31.0. The van der Waals surface area contributed by atoms with E-state index in [4.69, 9.17) is 4.74 Å². The number of likely N-dealkylation sites (tertiary alicyclic amines) is 1. The minimum Gasteiger partial charge on any atom is -0.381 e. The molecule has 234 valence electrons. The fourth-order valence-electron chi connectivity index (χ4n) is 6.11. The molecule has 3 aliphatic rings. The van der Waals surface area contributed by atoms with Crippen LogP contribution in [0.2, 0.25) is 0 Å². The number of rotatable bonds is 8. The molecule has 0 bridgehead atoms. The minimum absolute atomic E-state index is 0.0134. The van der Waals surface area contributed by atoms with E-state index in [1.165, 1.54) is 0 Å². The third kappa shape index (κ3) is 7.74. The first-order chi connectivity index (χ1) is 20.6. The van der Waals surface area contributed by atoms with Crippen molar-refractivity contribution in [2.75, 3.05) is 51.0 Å². The normalized spacial score (nSPS) is 22.3. The standard InChI is InChI=1S/C30H40F3N7O3/c1-39-14-10-22(11-15-39)40(2)28(42)19-6-8-20(9-7-19)36-29-34-18-24(30(31,32)33)26(38-29)37-25-5-3-4-23(25)27(41)35-21-12-16-43-17-13-21/h6-9,18,21-23,25H,3-5,10-17H2,1-2H3,(H,35,41)(H2,34,36,37,38)/t23-,25+/m0/s1. The fourth-order valence-corrected chi connectivity index (χ4v) is 6.11. The van der Waals surface area contributed by atoms with E-state index in [-0.39, 0.29) is 35.7 Å². The Morgan fingerprint density at radius 1 is 1.02 bits per heavy atom. The summed E-state index contributed by atoms with van der Waals surface area (Å²) in [6.45, 7) is 3.05. The summed E-state index contributed by atoms with van der Waals surface area (Å²) in [5.74, 6) is -1.09. The highest BCUT2D eigenvalue weighted by atomic mass is 19.4. The largest absolute Gasteiger partial charge is 0.421 e. The summed E-state index contributed by atoms with van der Waals surface area (Å²) in [5, 5.41) is 8.93. The van der Waals surface area contributed by atoms with Crippen LogP contribution in [0.1, 0.15) is 60.9 Å².